The van der Waals surface area contributed by atoms with Crippen LogP contribution in [0.3, 0.4) is 0 Å². The predicted molar refractivity (Wildman–Crippen MR) is 76.1 cm³/mol. The van der Waals surface area contributed by atoms with Crippen molar-refractivity contribution in [2.75, 3.05) is 5.73 Å². The summed E-state index contributed by atoms with van der Waals surface area (Å²) in [4.78, 5) is 8.40. The second kappa shape index (κ2) is 7.60. The van der Waals surface area contributed by atoms with Crippen LogP contribution < -0.4 is 5.73 Å². The van der Waals surface area contributed by atoms with Crippen LogP contribution in [0.1, 0.15) is 39.1 Å². The number of anilines is 1. The predicted octanol–water partition coefficient (Wildman–Crippen LogP) is 3.88. The zero-order valence-corrected chi connectivity index (χ0v) is 11.7. The standard InChI is InChI=1S/C10H11N3.2C2H6/c1-6-3-4-8-9(5-6)12-7(2)13-10(8)11;2*1-2/h3-5H,1-2H3,(H2,11,12,13);2*1-2H3. The van der Waals surface area contributed by atoms with Gasteiger partial charge in [-0.05, 0) is 31.5 Å². The van der Waals surface area contributed by atoms with Crippen molar-refractivity contribution in [1.82, 2.24) is 9.97 Å². The average molecular weight is 233 g/mol. The second-order valence-corrected chi connectivity index (χ2v) is 3.18. The van der Waals surface area contributed by atoms with Crippen molar-refractivity contribution >= 4 is 16.7 Å². The zero-order valence-electron chi connectivity index (χ0n) is 11.7. The minimum atomic E-state index is 0.558. The van der Waals surface area contributed by atoms with Crippen molar-refractivity contribution in [1.29, 1.82) is 0 Å². The molecule has 3 heteroatoms. The highest BCUT2D eigenvalue weighted by molar-refractivity contribution is 5.88. The number of aromatic nitrogens is 2. The maximum atomic E-state index is 5.76. The number of nitrogens with two attached hydrogens (primary N) is 1. The molecule has 0 amide bonds. The highest BCUT2D eigenvalue weighted by Gasteiger charge is 2.01. The van der Waals surface area contributed by atoms with Gasteiger partial charge in [-0.3, -0.25) is 0 Å². The van der Waals surface area contributed by atoms with Gasteiger partial charge in [0, 0.05) is 5.39 Å². The van der Waals surface area contributed by atoms with Crippen LogP contribution in [-0.4, -0.2) is 9.97 Å². The van der Waals surface area contributed by atoms with Crippen molar-refractivity contribution < 1.29 is 0 Å². The molecule has 0 aliphatic carbocycles. The van der Waals surface area contributed by atoms with Crippen molar-refractivity contribution in [2.45, 2.75) is 41.5 Å². The Labute approximate surface area is 104 Å². The molecule has 1 aromatic heterocycles. The van der Waals surface area contributed by atoms with E-state index < -0.39 is 0 Å². The minimum absolute atomic E-state index is 0.558. The van der Waals surface area contributed by atoms with E-state index in [4.69, 9.17) is 5.73 Å². The molecule has 2 rings (SSSR count). The normalized spacial score (nSPS) is 8.82. The molecule has 0 radical (unpaired) electrons. The van der Waals surface area contributed by atoms with Crippen LogP contribution in [-0.2, 0) is 0 Å². The molecule has 0 bridgehead atoms. The molecule has 0 aliphatic rings. The van der Waals surface area contributed by atoms with Crippen molar-refractivity contribution in [3.63, 3.8) is 0 Å². The van der Waals surface area contributed by atoms with Crippen molar-refractivity contribution in [3.05, 3.63) is 29.6 Å². The fraction of sp³-hybridized carbons (Fsp3) is 0.429. The van der Waals surface area contributed by atoms with Crippen LogP contribution in [0, 0.1) is 13.8 Å². The summed E-state index contributed by atoms with van der Waals surface area (Å²) in [5, 5.41) is 0.927. The van der Waals surface area contributed by atoms with Crippen LogP contribution >= 0.6 is 0 Å². The van der Waals surface area contributed by atoms with E-state index in [1.165, 1.54) is 5.56 Å². The summed E-state index contributed by atoms with van der Waals surface area (Å²) < 4.78 is 0. The lowest BCUT2D eigenvalue weighted by Crippen LogP contribution is -1.97. The summed E-state index contributed by atoms with van der Waals surface area (Å²) >= 11 is 0. The molecule has 0 aliphatic heterocycles. The molecule has 0 saturated carbocycles. The fourth-order valence-electron chi connectivity index (χ4n) is 1.38. The highest BCUT2D eigenvalue weighted by atomic mass is 14.9. The lowest BCUT2D eigenvalue weighted by atomic mass is 10.1. The first-order chi connectivity index (χ1) is 8.16. The minimum Gasteiger partial charge on any atom is -0.383 e. The summed E-state index contributed by atoms with van der Waals surface area (Å²) in [6.45, 7) is 11.9. The van der Waals surface area contributed by atoms with E-state index in [9.17, 15) is 0 Å². The Kier molecular flexibility index (Phi) is 6.87. The number of fused-ring (bicyclic) bond motifs is 1. The van der Waals surface area contributed by atoms with Gasteiger partial charge in [0.25, 0.3) is 0 Å². The first-order valence-electron chi connectivity index (χ1n) is 6.17. The number of benzene rings is 1. The zero-order chi connectivity index (χ0) is 13.4. The Morgan fingerprint density at radius 3 is 2.12 bits per heavy atom. The van der Waals surface area contributed by atoms with E-state index in [0.717, 1.165) is 16.7 Å². The molecule has 2 aromatic rings. The lowest BCUT2D eigenvalue weighted by Gasteiger charge is -2.02. The molecule has 94 valence electrons. The molecule has 0 unspecified atom stereocenters. The Bertz CT molecular complexity index is 459. The molecule has 0 atom stereocenters. The molecular weight excluding hydrogens is 210 g/mol. The van der Waals surface area contributed by atoms with E-state index >= 15 is 0 Å². The van der Waals surface area contributed by atoms with E-state index in [-0.39, 0.29) is 0 Å². The van der Waals surface area contributed by atoms with Crippen LogP contribution in [0.2, 0.25) is 0 Å². The summed E-state index contributed by atoms with van der Waals surface area (Å²) in [6.07, 6.45) is 0. The van der Waals surface area contributed by atoms with Gasteiger partial charge in [-0.1, -0.05) is 33.8 Å². The van der Waals surface area contributed by atoms with Gasteiger partial charge < -0.3 is 5.73 Å². The number of hydrogen-bond donors (Lipinski definition) is 1. The monoisotopic (exact) mass is 233 g/mol. The summed E-state index contributed by atoms with van der Waals surface area (Å²) in [6, 6.07) is 5.98. The summed E-state index contributed by atoms with van der Waals surface area (Å²) in [5.74, 6) is 1.28. The molecule has 0 spiro atoms. The topological polar surface area (TPSA) is 51.8 Å². The molecular formula is C14H23N3. The molecule has 1 aromatic carbocycles. The van der Waals surface area contributed by atoms with Gasteiger partial charge in [0.2, 0.25) is 0 Å². The number of nitrogens with zero attached hydrogens (tertiary/aromatic N) is 2. The quantitative estimate of drug-likeness (QED) is 0.751. The van der Waals surface area contributed by atoms with Gasteiger partial charge in [-0.2, -0.15) is 0 Å². The molecule has 0 saturated heterocycles. The van der Waals surface area contributed by atoms with E-state index in [2.05, 4.69) is 9.97 Å². The third kappa shape index (κ3) is 4.02. The maximum absolute atomic E-state index is 5.76. The van der Waals surface area contributed by atoms with Gasteiger partial charge in [-0.25, -0.2) is 9.97 Å². The van der Waals surface area contributed by atoms with Crippen LogP contribution in [0.5, 0.6) is 0 Å². The second-order valence-electron chi connectivity index (χ2n) is 3.18. The number of nitrogen functional groups attached to an aromatic ring is 1. The molecule has 3 nitrogen and oxygen atoms in total. The van der Waals surface area contributed by atoms with Gasteiger partial charge >= 0.3 is 0 Å². The van der Waals surface area contributed by atoms with E-state index in [1.54, 1.807) is 0 Å². The van der Waals surface area contributed by atoms with Gasteiger partial charge in [0.1, 0.15) is 11.6 Å². The molecule has 0 fully saturated rings. The highest BCUT2D eigenvalue weighted by Crippen LogP contribution is 2.18. The number of aryl methyl sites for hydroxylation is 2. The first-order valence-corrected chi connectivity index (χ1v) is 6.17. The summed E-state index contributed by atoms with van der Waals surface area (Å²) in [7, 11) is 0. The Morgan fingerprint density at radius 1 is 0.941 bits per heavy atom. The first kappa shape index (κ1) is 15.4. The molecule has 2 N–H and O–H groups in total. The average Bonchev–Trinajstić information content (AvgIpc) is 2.33. The number of rotatable bonds is 0. The largest absolute Gasteiger partial charge is 0.383 e. The molecule has 17 heavy (non-hydrogen) atoms. The maximum Gasteiger partial charge on any atom is 0.135 e. The third-order valence-electron chi connectivity index (χ3n) is 1.99. The van der Waals surface area contributed by atoms with Crippen LogP contribution in [0.15, 0.2) is 18.2 Å². The summed E-state index contributed by atoms with van der Waals surface area (Å²) in [5.41, 5.74) is 7.86. The fourth-order valence-corrected chi connectivity index (χ4v) is 1.38. The van der Waals surface area contributed by atoms with Crippen molar-refractivity contribution in [3.8, 4) is 0 Å². The Balaban J connectivity index is 0.000000581. The van der Waals surface area contributed by atoms with Gasteiger partial charge in [0.15, 0.2) is 0 Å². The SMILES string of the molecule is CC.CC.Cc1ccc2c(N)nc(C)nc2c1. The van der Waals surface area contributed by atoms with Crippen LogP contribution in [0.25, 0.3) is 10.9 Å². The van der Waals surface area contributed by atoms with Gasteiger partial charge in [0.05, 0.1) is 5.52 Å². The smallest absolute Gasteiger partial charge is 0.135 e. The van der Waals surface area contributed by atoms with Crippen molar-refractivity contribution in [2.24, 2.45) is 0 Å². The third-order valence-corrected chi connectivity index (χ3v) is 1.99. The Hall–Kier alpha value is -1.64. The lowest BCUT2D eigenvalue weighted by molar-refractivity contribution is 1.10. The van der Waals surface area contributed by atoms with Crippen LogP contribution in [0.4, 0.5) is 5.82 Å². The van der Waals surface area contributed by atoms with E-state index in [0.29, 0.717) is 5.82 Å². The number of hydrogen-bond acceptors (Lipinski definition) is 3. The Morgan fingerprint density at radius 2 is 1.53 bits per heavy atom. The molecule has 1 heterocycles. The van der Waals surface area contributed by atoms with Gasteiger partial charge in [-0.15, -0.1) is 0 Å². The van der Waals surface area contributed by atoms with E-state index in [1.807, 2.05) is 59.7 Å².